The van der Waals surface area contributed by atoms with Crippen LogP contribution in [-0.4, -0.2) is 83.5 Å². The highest BCUT2D eigenvalue weighted by Crippen LogP contribution is 2.42. The fourth-order valence-corrected chi connectivity index (χ4v) is 6.78. The molecule has 3 heterocycles. The van der Waals surface area contributed by atoms with Crippen LogP contribution in [0.3, 0.4) is 0 Å². The zero-order chi connectivity index (χ0) is 20.8. The first-order valence-corrected chi connectivity index (χ1v) is 12.3. The van der Waals surface area contributed by atoms with Gasteiger partial charge in [0.2, 0.25) is 11.8 Å². The molecule has 3 aliphatic heterocycles. The molecule has 0 aromatic carbocycles. The normalized spacial score (nSPS) is 38.5. The summed E-state index contributed by atoms with van der Waals surface area (Å²) < 4.78 is 0. The molecule has 5 fully saturated rings. The van der Waals surface area contributed by atoms with Crippen LogP contribution in [0.25, 0.3) is 0 Å². The number of hydrogen-bond donors (Lipinski definition) is 2. The number of rotatable bonds is 3. The first-order valence-electron chi connectivity index (χ1n) is 12.3. The molecule has 5 atom stereocenters. The third-order valence-corrected chi connectivity index (χ3v) is 8.49. The average Bonchev–Trinajstić information content (AvgIpc) is 3.49. The van der Waals surface area contributed by atoms with Crippen LogP contribution < -0.4 is 10.7 Å². The minimum atomic E-state index is 0.131. The highest BCUT2D eigenvalue weighted by Gasteiger charge is 2.49. The smallest absolute Gasteiger partial charge is 0.226 e. The minimum Gasteiger partial charge on any atom is -0.335 e. The summed E-state index contributed by atoms with van der Waals surface area (Å²) in [6, 6.07) is 1.21. The molecule has 30 heavy (non-hydrogen) atoms. The molecule has 4 unspecified atom stereocenters. The van der Waals surface area contributed by atoms with Crippen molar-refractivity contribution in [2.45, 2.75) is 83.0 Å². The van der Waals surface area contributed by atoms with E-state index in [1.807, 2.05) is 0 Å². The maximum absolute atomic E-state index is 13.1. The van der Waals surface area contributed by atoms with Gasteiger partial charge < -0.3 is 15.1 Å². The van der Waals surface area contributed by atoms with Gasteiger partial charge in [-0.2, -0.15) is 0 Å². The Morgan fingerprint density at radius 3 is 2.37 bits per heavy atom. The summed E-state index contributed by atoms with van der Waals surface area (Å²) >= 11 is 0. The number of carbonyl (C=O) groups excluding carboxylic acids is 2. The van der Waals surface area contributed by atoms with Crippen LogP contribution in [0, 0.1) is 17.8 Å². The monoisotopic (exact) mass is 417 g/mol. The summed E-state index contributed by atoms with van der Waals surface area (Å²) in [5.74, 6) is 2.09. The molecule has 0 aromatic heterocycles. The van der Waals surface area contributed by atoms with Gasteiger partial charge in [0.05, 0.1) is 12.1 Å². The molecule has 7 nitrogen and oxygen atoms in total. The summed E-state index contributed by atoms with van der Waals surface area (Å²) in [7, 11) is 0. The molecule has 0 bridgehead atoms. The van der Waals surface area contributed by atoms with Gasteiger partial charge in [-0.15, -0.1) is 0 Å². The Bertz CT molecular complexity index is 662. The third kappa shape index (κ3) is 3.89. The average molecular weight is 418 g/mol. The van der Waals surface area contributed by atoms with Crippen molar-refractivity contribution in [2.24, 2.45) is 17.8 Å². The Balaban J connectivity index is 1.28. The van der Waals surface area contributed by atoms with Crippen LogP contribution in [0.2, 0.25) is 0 Å². The lowest BCUT2D eigenvalue weighted by atomic mass is 9.73. The van der Waals surface area contributed by atoms with E-state index in [1.54, 1.807) is 6.92 Å². The lowest BCUT2D eigenvalue weighted by Crippen LogP contribution is -2.67. The van der Waals surface area contributed by atoms with Crippen molar-refractivity contribution in [1.29, 1.82) is 0 Å². The fraction of sp³-hybridized carbons (Fsp3) is 0.913. The number of fused-ring (bicyclic) bond motifs is 1. The molecule has 168 valence electrons. The molecule has 5 rings (SSSR count). The molecule has 0 radical (unpaired) electrons. The molecule has 0 spiro atoms. The Morgan fingerprint density at radius 1 is 0.900 bits per heavy atom. The number of amides is 2. The first kappa shape index (κ1) is 20.7. The van der Waals surface area contributed by atoms with E-state index >= 15 is 0 Å². The molecule has 0 aromatic rings. The number of nitrogens with one attached hydrogen (secondary N) is 2. The zero-order valence-corrected chi connectivity index (χ0v) is 18.7. The molecular formula is C23H39N5O2. The Kier molecular flexibility index (Phi) is 5.80. The highest BCUT2D eigenvalue weighted by atomic mass is 16.2. The number of piperidine rings is 1. The van der Waals surface area contributed by atoms with Gasteiger partial charge in [0.15, 0.2) is 0 Å². The lowest BCUT2D eigenvalue weighted by Gasteiger charge is -2.54. The van der Waals surface area contributed by atoms with E-state index in [0.29, 0.717) is 30.3 Å². The Morgan fingerprint density at radius 2 is 1.67 bits per heavy atom. The van der Waals surface area contributed by atoms with Crippen molar-refractivity contribution in [3.8, 4) is 0 Å². The van der Waals surface area contributed by atoms with Crippen molar-refractivity contribution in [2.75, 3.05) is 32.7 Å². The van der Waals surface area contributed by atoms with Crippen molar-refractivity contribution in [3.63, 3.8) is 0 Å². The van der Waals surface area contributed by atoms with Crippen LogP contribution in [-0.2, 0) is 9.59 Å². The fourth-order valence-electron chi connectivity index (χ4n) is 6.78. The highest BCUT2D eigenvalue weighted by molar-refractivity contribution is 5.82. The van der Waals surface area contributed by atoms with E-state index in [0.717, 1.165) is 51.9 Å². The molecule has 7 heteroatoms. The number of piperazine rings is 1. The first-order chi connectivity index (χ1) is 14.5. The number of hydrogen-bond acceptors (Lipinski definition) is 5. The SMILES string of the molecule is CC(=O)N1C2CCC(C3CNN(C4CCNCC4)C3)CC2N(C(=O)C2CC2)C[C@@H]1C. The summed E-state index contributed by atoms with van der Waals surface area (Å²) in [5.41, 5.74) is 3.70. The number of hydrazine groups is 1. The standard InChI is InChI=1S/C23H39N5O2/c1-15-13-26(23(30)17-3-4-17)22-11-18(5-6-21(22)28(15)16(2)29)19-12-25-27(14-19)20-7-9-24-10-8-20/h15,17-22,24-25H,3-14H2,1-2H3/t15-,18?,19?,21?,22?/m0/s1. The molecule has 5 aliphatic rings. The summed E-state index contributed by atoms with van der Waals surface area (Å²) in [6.45, 7) is 8.99. The van der Waals surface area contributed by atoms with Gasteiger partial charge in [-0.3, -0.25) is 15.0 Å². The van der Waals surface area contributed by atoms with E-state index < -0.39 is 0 Å². The van der Waals surface area contributed by atoms with Crippen LogP contribution in [0.5, 0.6) is 0 Å². The van der Waals surface area contributed by atoms with Gasteiger partial charge in [-0.1, -0.05) is 0 Å². The molecule has 3 saturated heterocycles. The van der Waals surface area contributed by atoms with Crippen molar-refractivity contribution in [1.82, 2.24) is 25.6 Å². The van der Waals surface area contributed by atoms with E-state index in [9.17, 15) is 9.59 Å². The van der Waals surface area contributed by atoms with Crippen molar-refractivity contribution >= 4 is 11.8 Å². The Labute approximate surface area is 180 Å². The predicted molar refractivity (Wildman–Crippen MR) is 115 cm³/mol. The largest absolute Gasteiger partial charge is 0.335 e. The molecule has 2 aliphatic carbocycles. The van der Waals surface area contributed by atoms with Crippen LogP contribution >= 0.6 is 0 Å². The maximum Gasteiger partial charge on any atom is 0.226 e. The lowest BCUT2D eigenvalue weighted by molar-refractivity contribution is -0.155. The minimum absolute atomic E-state index is 0.131. The van der Waals surface area contributed by atoms with Gasteiger partial charge in [-0.25, -0.2) is 5.01 Å². The maximum atomic E-state index is 13.1. The van der Waals surface area contributed by atoms with Gasteiger partial charge in [0.25, 0.3) is 0 Å². The van der Waals surface area contributed by atoms with Gasteiger partial charge in [0.1, 0.15) is 0 Å². The van der Waals surface area contributed by atoms with E-state index in [1.165, 1.54) is 19.3 Å². The van der Waals surface area contributed by atoms with Gasteiger partial charge in [-0.05, 0) is 76.8 Å². The van der Waals surface area contributed by atoms with Gasteiger partial charge >= 0.3 is 0 Å². The van der Waals surface area contributed by atoms with Crippen molar-refractivity contribution in [3.05, 3.63) is 0 Å². The van der Waals surface area contributed by atoms with E-state index in [4.69, 9.17) is 0 Å². The molecule has 2 N–H and O–H groups in total. The second kappa shape index (κ2) is 8.40. The summed E-state index contributed by atoms with van der Waals surface area (Å²) in [6.07, 6.45) is 7.84. The topological polar surface area (TPSA) is 67.9 Å². The van der Waals surface area contributed by atoms with Crippen LogP contribution in [0.15, 0.2) is 0 Å². The summed E-state index contributed by atoms with van der Waals surface area (Å²) in [5, 5.41) is 5.98. The van der Waals surface area contributed by atoms with Crippen LogP contribution in [0.4, 0.5) is 0 Å². The molecule has 2 amide bonds. The summed E-state index contributed by atoms with van der Waals surface area (Å²) in [4.78, 5) is 29.9. The second-order valence-corrected chi connectivity index (χ2v) is 10.5. The number of carbonyl (C=O) groups is 2. The molecule has 2 saturated carbocycles. The number of nitrogens with zero attached hydrogens (tertiary/aromatic N) is 3. The van der Waals surface area contributed by atoms with E-state index in [-0.39, 0.29) is 30.0 Å². The van der Waals surface area contributed by atoms with Crippen LogP contribution in [0.1, 0.15) is 58.8 Å². The Hall–Kier alpha value is -1.18. The molecular weight excluding hydrogens is 378 g/mol. The third-order valence-electron chi connectivity index (χ3n) is 8.49. The quantitative estimate of drug-likeness (QED) is 0.722. The zero-order valence-electron chi connectivity index (χ0n) is 18.7. The van der Waals surface area contributed by atoms with E-state index in [2.05, 4.69) is 32.5 Å². The van der Waals surface area contributed by atoms with Gasteiger partial charge in [0, 0.05) is 44.6 Å². The van der Waals surface area contributed by atoms with Crippen molar-refractivity contribution < 1.29 is 9.59 Å². The second-order valence-electron chi connectivity index (χ2n) is 10.5. The predicted octanol–water partition coefficient (Wildman–Crippen LogP) is 1.20.